The van der Waals surface area contributed by atoms with Gasteiger partial charge in [0.1, 0.15) is 17.3 Å². The summed E-state index contributed by atoms with van der Waals surface area (Å²) >= 11 is 0. The van der Waals surface area contributed by atoms with Gasteiger partial charge >= 0.3 is 0 Å². The monoisotopic (exact) mass is 417 g/mol. The number of hydrogen-bond donors (Lipinski definition) is 0. The minimum atomic E-state index is -0.225. The van der Waals surface area contributed by atoms with Gasteiger partial charge < -0.3 is 18.3 Å². The maximum absolute atomic E-state index is 13.8. The maximum Gasteiger partial charge on any atom is 0.197 e. The Hall–Kier alpha value is -4.07. The number of nitrogens with zero attached hydrogens (tertiary/aromatic N) is 3. The average Bonchev–Trinajstić information content (AvgIpc) is 3.50. The molecule has 8 heteroatoms. The molecule has 0 saturated heterocycles. The highest BCUT2D eigenvalue weighted by Gasteiger charge is 2.27. The molecule has 3 heterocycles. The largest absolute Gasteiger partial charge is 0.496 e. The number of rotatable bonds is 5. The van der Waals surface area contributed by atoms with Gasteiger partial charge in [-0.3, -0.25) is 9.48 Å². The molecule has 5 aromatic rings. The lowest BCUT2D eigenvalue weighted by molar-refractivity contribution is 0.103. The lowest BCUT2D eigenvalue weighted by Crippen LogP contribution is -2.04. The van der Waals surface area contributed by atoms with E-state index in [1.165, 1.54) is 6.39 Å². The molecular formula is C23H19N3O5. The molecule has 0 aliphatic carbocycles. The van der Waals surface area contributed by atoms with Gasteiger partial charge in [0.2, 0.25) is 0 Å². The van der Waals surface area contributed by atoms with Crippen molar-refractivity contribution in [2.45, 2.75) is 6.92 Å². The highest BCUT2D eigenvalue weighted by atomic mass is 16.5. The number of benzene rings is 2. The number of carbonyl (C=O) groups is 1. The van der Waals surface area contributed by atoms with Crippen LogP contribution in [-0.4, -0.2) is 34.8 Å². The summed E-state index contributed by atoms with van der Waals surface area (Å²) in [7, 11) is 4.93. The third-order valence-electron chi connectivity index (χ3n) is 5.37. The Labute approximate surface area is 177 Å². The SMILES string of the molecule is COc1cc(C(=O)c2c(-c3cnn(C)c3)oc3c2ccc2ocnc23)cc(OC)c1C. The fourth-order valence-corrected chi connectivity index (χ4v) is 3.81. The van der Waals surface area contributed by atoms with Crippen LogP contribution in [0.15, 0.2) is 51.9 Å². The first kappa shape index (κ1) is 18.9. The van der Waals surface area contributed by atoms with Crippen LogP contribution in [-0.2, 0) is 7.05 Å². The third-order valence-corrected chi connectivity index (χ3v) is 5.37. The van der Waals surface area contributed by atoms with E-state index in [0.29, 0.717) is 56.0 Å². The molecule has 156 valence electrons. The van der Waals surface area contributed by atoms with E-state index in [4.69, 9.17) is 18.3 Å². The van der Waals surface area contributed by atoms with E-state index in [1.807, 2.05) is 13.0 Å². The molecule has 0 fully saturated rings. The molecule has 0 aliphatic rings. The zero-order chi connectivity index (χ0) is 21.7. The second kappa shape index (κ2) is 7.02. The molecule has 0 saturated carbocycles. The standard InChI is InChI=1S/C23H19N3O5/c1-12-17(28-3)7-13(8-18(12)29-4)21(27)19-15-5-6-16-20(24-11-30-16)23(15)31-22(19)14-9-25-26(2)10-14/h5-11H,1-4H3. The number of aryl methyl sites for hydroxylation is 1. The number of ketones is 1. The third kappa shape index (κ3) is 2.87. The van der Waals surface area contributed by atoms with Crippen LogP contribution in [0.5, 0.6) is 11.5 Å². The minimum absolute atomic E-state index is 0.225. The van der Waals surface area contributed by atoms with Gasteiger partial charge in [-0.05, 0) is 31.2 Å². The molecule has 0 aliphatic heterocycles. The Morgan fingerprint density at radius 1 is 1.13 bits per heavy atom. The molecule has 8 nitrogen and oxygen atoms in total. The summed E-state index contributed by atoms with van der Waals surface area (Å²) in [5, 5.41) is 4.87. The highest BCUT2D eigenvalue weighted by Crippen LogP contribution is 2.39. The number of hydrogen-bond acceptors (Lipinski definition) is 7. The van der Waals surface area contributed by atoms with Crippen molar-refractivity contribution in [2.24, 2.45) is 7.05 Å². The summed E-state index contributed by atoms with van der Waals surface area (Å²) in [5.74, 6) is 1.33. The summed E-state index contributed by atoms with van der Waals surface area (Å²) < 4.78 is 24.2. The molecule has 0 N–H and O–H groups in total. The molecule has 3 aromatic heterocycles. The predicted molar refractivity (Wildman–Crippen MR) is 114 cm³/mol. The van der Waals surface area contributed by atoms with E-state index >= 15 is 0 Å². The van der Waals surface area contributed by atoms with Gasteiger partial charge in [-0.2, -0.15) is 5.10 Å². The van der Waals surface area contributed by atoms with Crippen LogP contribution in [0.25, 0.3) is 33.4 Å². The smallest absolute Gasteiger partial charge is 0.197 e. The van der Waals surface area contributed by atoms with Crippen LogP contribution in [0.1, 0.15) is 21.5 Å². The summed E-state index contributed by atoms with van der Waals surface area (Å²) in [4.78, 5) is 18.1. The van der Waals surface area contributed by atoms with E-state index in [2.05, 4.69) is 10.1 Å². The Bertz CT molecular complexity index is 1430. The lowest BCUT2D eigenvalue weighted by atomic mass is 9.97. The Kier molecular flexibility index (Phi) is 4.28. The highest BCUT2D eigenvalue weighted by molar-refractivity contribution is 6.22. The first-order valence-electron chi connectivity index (χ1n) is 9.57. The van der Waals surface area contributed by atoms with Gasteiger partial charge in [-0.1, -0.05) is 0 Å². The topological polar surface area (TPSA) is 92.5 Å². The van der Waals surface area contributed by atoms with E-state index in [1.54, 1.807) is 56.5 Å². The van der Waals surface area contributed by atoms with Crippen molar-refractivity contribution in [1.82, 2.24) is 14.8 Å². The van der Waals surface area contributed by atoms with Crippen molar-refractivity contribution < 1.29 is 23.1 Å². The molecule has 0 spiro atoms. The fourth-order valence-electron chi connectivity index (χ4n) is 3.81. The number of methoxy groups -OCH3 is 2. The second-order valence-corrected chi connectivity index (χ2v) is 7.19. The Morgan fingerprint density at radius 2 is 1.87 bits per heavy atom. The Balaban J connectivity index is 1.80. The van der Waals surface area contributed by atoms with E-state index < -0.39 is 0 Å². The molecule has 0 bridgehead atoms. The lowest BCUT2D eigenvalue weighted by Gasteiger charge is -2.12. The average molecular weight is 417 g/mol. The number of ether oxygens (including phenoxy) is 2. The molecule has 0 radical (unpaired) electrons. The summed E-state index contributed by atoms with van der Waals surface area (Å²) in [5.41, 5.74) is 3.96. The van der Waals surface area contributed by atoms with Crippen molar-refractivity contribution in [3.05, 3.63) is 59.7 Å². The van der Waals surface area contributed by atoms with Crippen LogP contribution >= 0.6 is 0 Å². The number of carbonyl (C=O) groups excluding carboxylic acids is 1. The van der Waals surface area contributed by atoms with Crippen LogP contribution in [0, 0.1) is 6.92 Å². The quantitative estimate of drug-likeness (QED) is 0.388. The second-order valence-electron chi connectivity index (χ2n) is 7.19. The first-order chi connectivity index (χ1) is 15.0. The van der Waals surface area contributed by atoms with E-state index in [9.17, 15) is 4.79 Å². The number of furan rings is 1. The van der Waals surface area contributed by atoms with Crippen molar-refractivity contribution >= 4 is 27.9 Å². The van der Waals surface area contributed by atoms with Crippen molar-refractivity contribution in [1.29, 1.82) is 0 Å². The number of fused-ring (bicyclic) bond motifs is 3. The fraction of sp³-hybridized carbons (Fsp3) is 0.174. The first-order valence-corrected chi connectivity index (χ1v) is 9.57. The number of aromatic nitrogens is 3. The van der Waals surface area contributed by atoms with Gasteiger partial charge in [-0.25, -0.2) is 4.98 Å². The van der Waals surface area contributed by atoms with Gasteiger partial charge in [-0.15, -0.1) is 0 Å². The zero-order valence-corrected chi connectivity index (χ0v) is 17.4. The van der Waals surface area contributed by atoms with Crippen LogP contribution in [0.3, 0.4) is 0 Å². The number of oxazole rings is 1. The maximum atomic E-state index is 13.8. The van der Waals surface area contributed by atoms with Crippen LogP contribution in [0.2, 0.25) is 0 Å². The zero-order valence-electron chi connectivity index (χ0n) is 17.4. The van der Waals surface area contributed by atoms with Gasteiger partial charge in [0.25, 0.3) is 0 Å². The van der Waals surface area contributed by atoms with Gasteiger partial charge in [0.15, 0.2) is 28.9 Å². The molecule has 0 atom stereocenters. The van der Waals surface area contributed by atoms with Crippen molar-refractivity contribution in [3.8, 4) is 22.8 Å². The van der Waals surface area contributed by atoms with Crippen molar-refractivity contribution in [2.75, 3.05) is 14.2 Å². The van der Waals surface area contributed by atoms with Gasteiger partial charge in [0.05, 0.1) is 31.5 Å². The molecule has 0 amide bonds. The summed E-state index contributed by atoms with van der Waals surface area (Å²) in [6.45, 7) is 1.88. The van der Waals surface area contributed by atoms with E-state index in [0.717, 1.165) is 5.56 Å². The predicted octanol–water partition coefficient (Wildman–Crippen LogP) is 4.53. The molecule has 5 rings (SSSR count). The molecule has 0 unspecified atom stereocenters. The van der Waals surface area contributed by atoms with Crippen LogP contribution < -0.4 is 9.47 Å². The summed E-state index contributed by atoms with van der Waals surface area (Å²) in [6, 6.07) is 7.00. The molecular weight excluding hydrogens is 398 g/mol. The molecule has 31 heavy (non-hydrogen) atoms. The van der Waals surface area contributed by atoms with Crippen LogP contribution in [0.4, 0.5) is 0 Å². The summed E-state index contributed by atoms with van der Waals surface area (Å²) in [6.07, 6.45) is 4.81. The van der Waals surface area contributed by atoms with Gasteiger partial charge in [0, 0.05) is 29.8 Å². The van der Waals surface area contributed by atoms with Crippen molar-refractivity contribution in [3.63, 3.8) is 0 Å². The molecule has 2 aromatic carbocycles. The van der Waals surface area contributed by atoms with E-state index in [-0.39, 0.29) is 5.78 Å². The minimum Gasteiger partial charge on any atom is -0.496 e. The Morgan fingerprint density at radius 3 is 2.52 bits per heavy atom. The normalized spacial score (nSPS) is 11.4.